The summed E-state index contributed by atoms with van der Waals surface area (Å²) in [5.41, 5.74) is 18.1. The number of rotatable bonds is 3. The Morgan fingerprint density at radius 1 is 1.04 bits per heavy atom. The minimum Gasteiger partial charge on any atom is -1.00 e. The molecule has 0 bridgehead atoms. The van der Waals surface area contributed by atoms with Crippen LogP contribution >= 0.6 is 0 Å². The van der Waals surface area contributed by atoms with Crippen LogP contribution in [0.25, 0.3) is 22.2 Å². The molecule has 0 spiro atoms. The molecule has 0 saturated heterocycles. The molecule has 6 heteroatoms. The molecule has 1 heterocycles. The number of aromatic nitrogens is 1. The number of nitrogens with two attached hydrogens (primary N) is 2. The first-order chi connectivity index (χ1) is 10.5. The van der Waals surface area contributed by atoms with E-state index in [1.54, 1.807) is 12.1 Å². The van der Waals surface area contributed by atoms with Crippen LogP contribution in [0.5, 0.6) is 0 Å². The molecule has 0 fully saturated rings. The van der Waals surface area contributed by atoms with E-state index >= 15 is 0 Å². The van der Waals surface area contributed by atoms with Crippen molar-refractivity contribution in [2.75, 3.05) is 29.5 Å². The number of nitrogen functional groups attached to an aromatic ring is 2. The second-order valence-electron chi connectivity index (χ2n) is 5.45. The maximum atomic E-state index is 6.00. The fourth-order valence-corrected chi connectivity index (χ4v) is 2.82. The van der Waals surface area contributed by atoms with Crippen molar-refractivity contribution in [2.45, 2.75) is 20.8 Å². The Morgan fingerprint density at radius 2 is 1.74 bits per heavy atom. The highest BCUT2D eigenvalue weighted by atomic mass is 35.5. The molecule has 23 heavy (non-hydrogen) atoms. The number of fused-ring (bicyclic) bond motifs is 2. The van der Waals surface area contributed by atoms with Crippen molar-refractivity contribution in [2.24, 2.45) is 0 Å². The van der Waals surface area contributed by atoms with Gasteiger partial charge in [0.1, 0.15) is 0 Å². The molecule has 122 valence electrons. The van der Waals surface area contributed by atoms with Gasteiger partial charge in [-0.15, -0.1) is 0 Å². The number of halogens is 1. The lowest BCUT2D eigenvalue weighted by molar-refractivity contribution is -0.00000517. The van der Waals surface area contributed by atoms with E-state index in [4.69, 9.17) is 15.9 Å². The van der Waals surface area contributed by atoms with Gasteiger partial charge < -0.3 is 28.8 Å². The minimum atomic E-state index is 0. The number of benzene rings is 2. The van der Waals surface area contributed by atoms with E-state index < -0.39 is 0 Å². The number of hydrogen-bond acceptors (Lipinski definition) is 4. The molecule has 0 aliphatic rings. The highest BCUT2D eigenvalue weighted by Crippen LogP contribution is 2.30. The van der Waals surface area contributed by atoms with Gasteiger partial charge in [0.25, 0.3) is 0 Å². The minimum absolute atomic E-state index is 0. The molecule has 0 saturated carbocycles. The summed E-state index contributed by atoms with van der Waals surface area (Å²) in [4.78, 5) is 6.93. The van der Waals surface area contributed by atoms with Gasteiger partial charge in [0.2, 0.25) is 0 Å². The smallest absolute Gasteiger partial charge is 0.383 e. The summed E-state index contributed by atoms with van der Waals surface area (Å²) in [6.45, 7) is 8.27. The molecule has 0 atom stereocenters. The topological polar surface area (TPSA) is 79.5 Å². The number of hydrogen-bond donors (Lipinski definition) is 2. The molecule has 0 radical (unpaired) electrons. The molecule has 1 aromatic heterocycles. The molecule has 0 unspecified atom stereocenters. The summed E-state index contributed by atoms with van der Waals surface area (Å²) >= 11 is 0. The quantitative estimate of drug-likeness (QED) is 0.417. The van der Waals surface area contributed by atoms with Crippen molar-refractivity contribution in [1.82, 2.24) is 4.98 Å². The van der Waals surface area contributed by atoms with E-state index in [-0.39, 0.29) is 12.4 Å². The maximum Gasteiger partial charge on any atom is 0.383 e. The fraction of sp³-hybridized carbons (Fsp3) is 0.294. The zero-order valence-electron chi connectivity index (χ0n) is 13.6. The molecule has 4 N–H and O–H groups in total. The van der Waals surface area contributed by atoms with Crippen LogP contribution in [0.4, 0.5) is 17.1 Å². The normalized spacial score (nSPS) is 10.7. The van der Waals surface area contributed by atoms with Crippen LogP contribution in [0.2, 0.25) is 0 Å². The van der Waals surface area contributed by atoms with E-state index in [2.05, 4.69) is 30.7 Å². The third-order valence-electron chi connectivity index (χ3n) is 3.96. The van der Waals surface area contributed by atoms with E-state index in [0.29, 0.717) is 22.5 Å². The van der Waals surface area contributed by atoms with Gasteiger partial charge in [-0.2, -0.15) is 0 Å². The van der Waals surface area contributed by atoms with Crippen molar-refractivity contribution >= 4 is 39.3 Å². The van der Waals surface area contributed by atoms with E-state index in [1.807, 2.05) is 12.1 Å². The molecular weight excluding hydrogens is 312 g/mol. The molecule has 2 aromatic carbocycles. The Morgan fingerprint density at radius 3 is 2.39 bits per heavy atom. The van der Waals surface area contributed by atoms with Gasteiger partial charge in [0.15, 0.2) is 11.0 Å². The molecule has 0 amide bonds. The van der Waals surface area contributed by atoms with Crippen molar-refractivity contribution in [3.05, 3.63) is 29.8 Å². The van der Waals surface area contributed by atoms with E-state index in [0.717, 1.165) is 24.2 Å². The summed E-state index contributed by atoms with van der Waals surface area (Å²) in [6, 6.07) is 7.55. The second-order valence-corrected chi connectivity index (χ2v) is 5.45. The van der Waals surface area contributed by atoms with Crippen LogP contribution in [0.1, 0.15) is 19.4 Å². The Labute approximate surface area is 141 Å². The van der Waals surface area contributed by atoms with Gasteiger partial charge in [0, 0.05) is 24.5 Å². The largest absolute Gasteiger partial charge is 1.00 e. The van der Waals surface area contributed by atoms with Gasteiger partial charge in [-0.25, -0.2) is 9.40 Å². The first-order valence-electron chi connectivity index (χ1n) is 7.51. The van der Waals surface area contributed by atoms with Crippen LogP contribution in [0.15, 0.2) is 28.7 Å². The third kappa shape index (κ3) is 2.97. The predicted octanol–water partition coefficient (Wildman–Crippen LogP) is 0.585. The van der Waals surface area contributed by atoms with E-state index in [9.17, 15) is 0 Å². The van der Waals surface area contributed by atoms with Crippen LogP contribution in [0, 0.1) is 6.92 Å². The van der Waals surface area contributed by atoms with Gasteiger partial charge in [0.05, 0.1) is 17.8 Å². The molecule has 0 aliphatic heterocycles. The summed E-state index contributed by atoms with van der Waals surface area (Å²) in [6.07, 6.45) is 0. The van der Waals surface area contributed by atoms with Crippen molar-refractivity contribution in [1.29, 1.82) is 0 Å². The van der Waals surface area contributed by atoms with Gasteiger partial charge in [-0.1, -0.05) is 0 Å². The highest BCUT2D eigenvalue weighted by molar-refractivity contribution is 5.93. The standard InChI is InChI=1S/C17H21N4O.ClH/c1-4-21(5-2)14-9-15-13(6-10(14)3)20-17-12(19)7-11(18)8-16(17)22-15;/h6-9H,4-5,18-19H2,1-3H3;1H/q+1;/p-1. The lowest BCUT2D eigenvalue weighted by Gasteiger charge is -2.22. The summed E-state index contributed by atoms with van der Waals surface area (Å²) in [5, 5.41) is 0. The average molecular weight is 333 g/mol. The third-order valence-corrected chi connectivity index (χ3v) is 3.96. The lowest BCUT2D eigenvalue weighted by atomic mass is 10.1. The van der Waals surface area contributed by atoms with Gasteiger partial charge >= 0.3 is 11.2 Å². The van der Waals surface area contributed by atoms with Crippen molar-refractivity contribution in [3.8, 4) is 0 Å². The summed E-state index contributed by atoms with van der Waals surface area (Å²) in [7, 11) is 0. The second kappa shape index (κ2) is 6.46. The Kier molecular flexibility index (Phi) is 4.80. The first kappa shape index (κ1) is 17.1. The molecule has 0 aliphatic carbocycles. The first-order valence-corrected chi connectivity index (χ1v) is 7.51. The predicted molar refractivity (Wildman–Crippen MR) is 93.0 cm³/mol. The number of nitrogens with zero attached hydrogens (tertiary/aromatic N) is 2. The number of anilines is 3. The zero-order valence-corrected chi connectivity index (χ0v) is 14.3. The lowest BCUT2D eigenvalue weighted by Crippen LogP contribution is -3.00. The number of aryl methyl sites for hydroxylation is 1. The fourth-order valence-electron chi connectivity index (χ4n) is 2.82. The molecular formula is C17H21ClN4O. The molecule has 5 nitrogen and oxygen atoms in total. The zero-order chi connectivity index (χ0) is 15.9. The van der Waals surface area contributed by atoms with Crippen LogP contribution in [-0.2, 0) is 0 Å². The summed E-state index contributed by atoms with van der Waals surface area (Å²) in [5.74, 6) is 0. The van der Waals surface area contributed by atoms with E-state index in [1.165, 1.54) is 11.3 Å². The van der Waals surface area contributed by atoms with Crippen molar-refractivity contribution in [3.63, 3.8) is 0 Å². The van der Waals surface area contributed by atoms with Crippen LogP contribution in [0.3, 0.4) is 0 Å². The summed E-state index contributed by atoms with van der Waals surface area (Å²) < 4.78 is 5.99. The molecule has 3 rings (SSSR count). The maximum absolute atomic E-state index is 6.00. The van der Waals surface area contributed by atoms with Crippen LogP contribution in [-0.4, -0.2) is 18.1 Å². The SMILES string of the molecule is CCN(CC)c1cc2[o+]c3cc(N)cc(N)c3nc2cc1C.[Cl-]. The van der Waals surface area contributed by atoms with Gasteiger partial charge in [-0.3, -0.25) is 0 Å². The Balaban J connectivity index is 0.00000192. The van der Waals surface area contributed by atoms with Crippen molar-refractivity contribution < 1.29 is 16.8 Å². The highest BCUT2D eigenvalue weighted by Gasteiger charge is 2.19. The Hall–Kier alpha value is -2.27. The average Bonchev–Trinajstić information content (AvgIpc) is 2.47. The Bertz CT molecular complexity index is 862. The monoisotopic (exact) mass is 332 g/mol. The van der Waals surface area contributed by atoms with Gasteiger partial charge in [-0.05, 0) is 38.5 Å². The molecule has 3 aromatic rings. The van der Waals surface area contributed by atoms with Crippen LogP contribution < -0.4 is 28.8 Å².